The Morgan fingerprint density at radius 2 is 1.62 bits per heavy atom. The van der Waals surface area contributed by atoms with Crippen molar-refractivity contribution in [3.8, 4) is 28.5 Å². The van der Waals surface area contributed by atoms with Crippen LogP contribution in [0.15, 0.2) is 59.1 Å². The van der Waals surface area contributed by atoms with Gasteiger partial charge in [-0.2, -0.15) is 0 Å². The van der Waals surface area contributed by atoms with Crippen molar-refractivity contribution in [1.29, 1.82) is 0 Å². The van der Waals surface area contributed by atoms with E-state index < -0.39 is 29.4 Å². The molecule has 11 heteroatoms. The number of aromatic nitrogens is 1. The molecule has 1 aliphatic rings. The van der Waals surface area contributed by atoms with Crippen molar-refractivity contribution in [2.24, 2.45) is 5.92 Å². The van der Waals surface area contributed by atoms with Gasteiger partial charge in [0.2, 0.25) is 5.75 Å². The van der Waals surface area contributed by atoms with Crippen molar-refractivity contribution < 1.29 is 33.3 Å². The highest BCUT2D eigenvalue weighted by molar-refractivity contribution is 7.14. The number of methoxy groups -OCH3 is 5. The summed E-state index contributed by atoms with van der Waals surface area (Å²) in [5.74, 6) is -0.449. The van der Waals surface area contributed by atoms with E-state index in [0.717, 1.165) is 11.1 Å². The van der Waals surface area contributed by atoms with Crippen molar-refractivity contribution in [1.82, 2.24) is 10.3 Å². The normalized spacial score (nSPS) is 20.3. The van der Waals surface area contributed by atoms with Crippen LogP contribution in [0.3, 0.4) is 0 Å². The Hall–Kier alpha value is -4.25. The number of carbonyl (C=O) groups excluding carboxylic acids is 2. The Morgan fingerprint density at radius 3 is 2.17 bits per heavy atom. The van der Waals surface area contributed by atoms with Crippen LogP contribution in [0.4, 0.5) is 5.13 Å². The van der Waals surface area contributed by atoms with E-state index >= 15 is 0 Å². The summed E-state index contributed by atoms with van der Waals surface area (Å²) in [5.41, 5.74) is 2.19. The minimum absolute atomic E-state index is 0.288. The summed E-state index contributed by atoms with van der Waals surface area (Å²) < 4.78 is 26.8. The van der Waals surface area contributed by atoms with E-state index in [1.54, 1.807) is 40.4 Å². The maximum Gasteiger partial charge on any atom is 0.337 e. The van der Waals surface area contributed by atoms with Gasteiger partial charge < -0.3 is 34.3 Å². The Bertz CT molecular complexity index is 1400. The van der Waals surface area contributed by atoms with Crippen molar-refractivity contribution in [3.63, 3.8) is 0 Å². The molecule has 0 aliphatic carbocycles. The maximum absolute atomic E-state index is 13.4. The van der Waals surface area contributed by atoms with Crippen molar-refractivity contribution >= 4 is 28.4 Å². The second-order valence-electron chi connectivity index (χ2n) is 9.30. The van der Waals surface area contributed by atoms with Gasteiger partial charge in [-0.15, -0.1) is 11.3 Å². The summed E-state index contributed by atoms with van der Waals surface area (Å²) in [7, 11) is 7.28. The standard InChI is InChI=1S/C29H33N3O7S/c1-16-22(26(33)38-6)24(23(27(34)39-7)29(2,32-16)18-11-9-8-10-12-18)31-28-30-19(15-40-28)17-13-20(35-3)25(37-5)21(14-17)36-4/h8-15,23-24,32H,1-7H3,(H,30,31). The molecule has 0 radical (unpaired) electrons. The summed E-state index contributed by atoms with van der Waals surface area (Å²) in [5, 5.41) is 9.12. The summed E-state index contributed by atoms with van der Waals surface area (Å²) in [6.45, 7) is 3.71. The van der Waals surface area contributed by atoms with E-state index in [1.807, 2.05) is 42.6 Å². The number of ether oxygens (including phenoxy) is 5. The number of carbonyl (C=O) groups is 2. The van der Waals surface area contributed by atoms with Gasteiger partial charge in [0.05, 0.1) is 58.4 Å². The molecule has 0 bridgehead atoms. The van der Waals surface area contributed by atoms with Crippen LogP contribution in [0.25, 0.3) is 11.3 Å². The number of esters is 2. The van der Waals surface area contributed by atoms with Crippen LogP contribution < -0.4 is 24.8 Å². The minimum atomic E-state index is -0.912. The predicted molar refractivity (Wildman–Crippen MR) is 152 cm³/mol. The summed E-state index contributed by atoms with van der Waals surface area (Å²) >= 11 is 1.33. The van der Waals surface area contributed by atoms with Crippen LogP contribution in [0, 0.1) is 5.92 Å². The van der Waals surface area contributed by atoms with E-state index in [1.165, 1.54) is 25.6 Å². The van der Waals surface area contributed by atoms with Gasteiger partial charge in [0.1, 0.15) is 5.92 Å². The third kappa shape index (κ3) is 5.16. The van der Waals surface area contributed by atoms with Gasteiger partial charge in [0, 0.05) is 16.6 Å². The van der Waals surface area contributed by atoms with Crippen molar-refractivity contribution in [2.75, 3.05) is 40.9 Å². The Morgan fingerprint density at radius 1 is 0.975 bits per heavy atom. The van der Waals surface area contributed by atoms with Crippen LogP contribution in [-0.4, -0.2) is 58.5 Å². The molecule has 40 heavy (non-hydrogen) atoms. The first-order chi connectivity index (χ1) is 19.2. The van der Waals surface area contributed by atoms with Crippen LogP contribution in [0.1, 0.15) is 19.4 Å². The lowest BCUT2D eigenvalue weighted by molar-refractivity contribution is -0.149. The van der Waals surface area contributed by atoms with Gasteiger partial charge in [-0.3, -0.25) is 4.79 Å². The highest BCUT2D eigenvalue weighted by atomic mass is 32.1. The zero-order chi connectivity index (χ0) is 29.0. The number of nitrogens with zero attached hydrogens (tertiary/aromatic N) is 1. The van der Waals surface area contributed by atoms with E-state index in [4.69, 9.17) is 28.7 Å². The van der Waals surface area contributed by atoms with Gasteiger partial charge in [-0.05, 0) is 31.5 Å². The molecule has 212 valence electrons. The number of hydrogen-bond acceptors (Lipinski definition) is 11. The van der Waals surface area contributed by atoms with Gasteiger partial charge in [-0.1, -0.05) is 30.3 Å². The van der Waals surface area contributed by atoms with Gasteiger partial charge in [0.15, 0.2) is 16.6 Å². The number of nitrogens with one attached hydrogen (secondary N) is 2. The third-order valence-electron chi connectivity index (χ3n) is 7.10. The summed E-state index contributed by atoms with van der Waals surface area (Å²) in [6, 6.07) is 12.4. The number of anilines is 1. The molecule has 10 nitrogen and oxygen atoms in total. The van der Waals surface area contributed by atoms with E-state index in [-0.39, 0.29) is 5.57 Å². The predicted octanol–water partition coefficient (Wildman–Crippen LogP) is 4.37. The number of allylic oxidation sites excluding steroid dienone is 1. The Balaban J connectivity index is 1.80. The number of thiazole rings is 1. The van der Waals surface area contributed by atoms with Crippen molar-refractivity contribution in [3.05, 3.63) is 64.7 Å². The Labute approximate surface area is 237 Å². The monoisotopic (exact) mass is 567 g/mol. The Kier molecular flexibility index (Phi) is 8.53. The molecule has 2 heterocycles. The molecule has 2 aromatic carbocycles. The van der Waals surface area contributed by atoms with Gasteiger partial charge in [0.25, 0.3) is 0 Å². The molecule has 4 rings (SSSR count). The molecule has 3 unspecified atom stereocenters. The van der Waals surface area contributed by atoms with Crippen molar-refractivity contribution in [2.45, 2.75) is 25.4 Å². The molecule has 1 aromatic heterocycles. The minimum Gasteiger partial charge on any atom is -0.493 e. The van der Waals surface area contributed by atoms with E-state index in [9.17, 15) is 9.59 Å². The first-order valence-electron chi connectivity index (χ1n) is 12.4. The second-order valence-corrected chi connectivity index (χ2v) is 10.2. The number of hydrogen-bond donors (Lipinski definition) is 2. The highest BCUT2D eigenvalue weighted by Crippen LogP contribution is 2.44. The van der Waals surface area contributed by atoms with E-state index in [2.05, 4.69) is 10.6 Å². The quantitative estimate of drug-likeness (QED) is 0.361. The van der Waals surface area contributed by atoms with Gasteiger partial charge >= 0.3 is 11.9 Å². The fraction of sp³-hybridized carbons (Fsp3) is 0.345. The van der Waals surface area contributed by atoms with Crippen LogP contribution in [0.5, 0.6) is 17.2 Å². The SMILES string of the molecule is COC(=O)C1=C(C)NC(C)(c2ccccc2)C(C(=O)OC)C1Nc1nc(-c2cc(OC)c(OC)c(OC)c2)cs1. The average Bonchev–Trinajstić information content (AvgIpc) is 3.44. The lowest BCUT2D eigenvalue weighted by Crippen LogP contribution is -2.60. The largest absolute Gasteiger partial charge is 0.493 e. The fourth-order valence-corrected chi connectivity index (χ4v) is 5.94. The second kappa shape index (κ2) is 11.9. The average molecular weight is 568 g/mol. The molecule has 1 aliphatic heterocycles. The first-order valence-corrected chi connectivity index (χ1v) is 13.3. The highest BCUT2D eigenvalue weighted by Gasteiger charge is 2.52. The van der Waals surface area contributed by atoms with Crippen LogP contribution in [-0.2, 0) is 24.6 Å². The molecule has 3 atom stereocenters. The topological polar surface area (TPSA) is 117 Å². The molecule has 0 fully saturated rings. The molecule has 3 aromatic rings. The summed E-state index contributed by atoms with van der Waals surface area (Å²) in [4.78, 5) is 31.2. The molecule has 0 saturated carbocycles. The number of rotatable bonds is 9. The molecular formula is C29H33N3O7S. The maximum atomic E-state index is 13.4. The zero-order valence-corrected chi connectivity index (χ0v) is 24.3. The molecular weight excluding hydrogens is 534 g/mol. The lowest BCUT2D eigenvalue weighted by atomic mass is 9.70. The third-order valence-corrected chi connectivity index (χ3v) is 7.87. The van der Waals surface area contributed by atoms with Crippen LogP contribution >= 0.6 is 11.3 Å². The van der Waals surface area contributed by atoms with E-state index in [0.29, 0.717) is 33.8 Å². The smallest absolute Gasteiger partial charge is 0.337 e. The molecule has 2 N–H and O–H groups in total. The summed E-state index contributed by atoms with van der Waals surface area (Å²) in [6.07, 6.45) is 0. The molecule has 0 amide bonds. The molecule has 0 saturated heterocycles. The zero-order valence-electron chi connectivity index (χ0n) is 23.5. The molecule has 0 spiro atoms. The first kappa shape index (κ1) is 28.8. The van der Waals surface area contributed by atoms with Crippen LogP contribution in [0.2, 0.25) is 0 Å². The number of benzene rings is 2. The van der Waals surface area contributed by atoms with Gasteiger partial charge in [-0.25, -0.2) is 9.78 Å². The lowest BCUT2D eigenvalue weighted by Gasteiger charge is -2.46. The fourth-order valence-electron chi connectivity index (χ4n) is 5.18.